The molecule has 1 aromatic rings. The lowest BCUT2D eigenvalue weighted by atomic mass is 10.3. The molecule has 0 aliphatic rings. The van der Waals surface area contributed by atoms with Crippen molar-refractivity contribution in [2.45, 2.75) is 19.4 Å². The molecule has 1 aromatic heterocycles. The van der Waals surface area contributed by atoms with E-state index in [-0.39, 0.29) is 17.8 Å². The maximum absolute atomic E-state index is 11.6. The summed E-state index contributed by atoms with van der Waals surface area (Å²) in [6.07, 6.45) is 2.26. The highest BCUT2D eigenvalue weighted by atomic mass is 32.2. The molecule has 1 heterocycles. The van der Waals surface area contributed by atoms with Gasteiger partial charge < -0.3 is 15.7 Å². The maximum Gasteiger partial charge on any atom is 0.355 e. The summed E-state index contributed by atoms with van der Waals surface area (Å²) in [5, 5.41) is 16.0. The molecule has 0 aromatic carbocycles. The van der Waals surface area contributed by atoms with E-state index in [1.807, 2.05) is 0 Å². The zero-order valence-corrected chi connectivity index (χ0v) is 12.8. The number of thiazole rings is 1. The van der Waals surface area contributed by atoms with Crippen molar-refractivity contribution in [3.8, 4) is 0 Å². The number of rotatable bonds is 7. The van der Waals surface area contributed by atoms with Crippen LogP contribution in [-0.2, 0) is 10.8 Å². The molecule has 20 heavy (non-hydrogen) atoms. The Morgan fingerprint density at radius 1 is 1.55 bits per heavy atom. The van der Waals surface area contributed by atoms with Crippen molar-refractivity contribution in [3.05, 3.63) is 16.1 Å². The van der Waals surface area contributed by atoms with E-state index in [0.717, 1.165) is 0 Å². The van der Waals surface area contributed by atoms with E-state index in [0.29, 0.717) is 23.7 Å². The van der Waals surface area contributed by atoms with Crippen molar-refractivity contribution < 1.29 is 18.9 Å². The van der Waals surface area contributed by atoms with Gasteiger partial charge in [-0.05, 0) is 13.3 Å². The molecule has 3 N–H and O–H groups in total. The number of carboxylic acids is 1. The first-order valence-electron chi connectivity index (χ1n) is 5.93. The second-order valence-corrected chi connectivity index (χ2v) is 6.57. The molecule has 112 valence electrons. The lowest BCUT2D eigenvalue weighted by Crippen LogP contribution is -2.37. The lowest BCUT2D eigenvalue weighted by Gasteiger charge is -2.12. The summed E-state index contributed by atoms with van der Waals surface area (Å²) in [5.74, 6) is -0.540. The molecule has 2 atom stereocenters. The van der Waals surface area contributed by atoms with Crippen LogP contribution in [0, 0.1) is 0 Å². The quantitative estimate of drug-likeness (QED) is 0.649. The minimum absolute atomic E-state index is 0.0236. The number of amides is 2. The molecular weight excluding hydrogens is 302 g/mol. The van der Waals surface area contributed by atoms with E-state index in [2.05, 4.69) is 15.6 Å². The number of nitrogens with one attached hydrogen (secondary N) is 2. The number of carbonyl (C=O) groups is 2. The van der Waals surface area contributed by atoms with Crippen molar-refractivity contribution >= 4 is 34.1 Å². The van der Waals surface area contributed by atoms with Gasteiger partial charge in [0.15, 0.2) is 5.69 Å². The monoisotopic (exact) mass is 319 g/mol. The molecule has 7 nitrogen and oxygen atoms in total. The minimum atomic E-state index is -1.09. The van der Waals surface area contributed by atoms with Crippen LogP contribution in [0.4, 0.5) is 4.79 Å². The van der Waals surface area contributed by atoms with Gasteiger partial charge in [0.2, 0.25) is 0 Å². The van der Waals surface area contributed by atoms with E-state index < -0.39 is 16.8 Å². The second-order valence-electron chi connectivity index (χ2n) is 4.13. The number of hydrogen-bond acceptors (Lipinski definition) is 5. The van der Waals surface area contributed by atoms with E-state index >= 15 is 0 Å². The van der Waals surface area contributed by atoms with Crippen LogP contribution < -0.4 is 10.6 Å². The third-order valence-electron chi connectivity index (χ3n) is 2.35. The van der Waals surface area contributed by atoms with Crippen molar-refractivity contribution in [1.82, 2.24) is 15.6 Å². The van der Waals surface area contributed by atoms with Crippen LogP contribution in [0.3, 0.4) is 0 Å². The fourth-order valence-electron chi connectivity index (χ4n) is 1.37. The maximum atomic E-state index is 11.6. The Morgan fingerprint density at radius 3 is 2.80 bits per heavy atom. The Hall–Kier alpha value is -1.48. The van der Waals surface area contributed by atoms with Crippen molar-refractivity contribution in [1.29, 1.82) is 0 Å². The summed E-state index contributed by atoms with van der Waals surface area (Å²) in [6, 6.07) is -0.722. The summed E-state index contributed by atoms with van der Waals surface area (Å²) < 4.78 is 10.8. The largest absolute Gasteiger partial charge is 0.476 e. The van der Waals surface area contributed by atoms with Gasteiger partial charge in [-0.1, -0.05) is 0 Å². The molecule has 9 heteroatoms. The average Bonchev–Trinajstić information content (AvgIpc) is 2.84. The highest BCUT2D eigenvalue weighted by Crippen LogP contribution is 2.17. The van der Waals surface area contributed by atoms with Crippen LogP contribution in [-0.4, -0.2) is 44.9 Å². The molecule has 1 rings (SSSR count). The van der Waals surface area contributed by atoms with Crippen molar-refractivity contribution in [2.75, 3.05) is 18.6 Å². The third kappa shape index (κ3) is 5.66. The molecule has 2 amide bonds. The first kappa shape index (κ1) is 16.6. The zero-order chi connectivity index (χ0) is 15.1. The predicted molar refractivity (Wildman–Crippen MR) is 77.6 cm³/mol. The first-order valence-corrected chi connectivity index (χ1v) is 8.54. The number of nitrogens with zero attached hydrogens (tertiary/aromatic N) is 1. The third-order valence-corrected chi connectivity index (χ3v) is 4.24. The average molecular weight is 319 g/mol. The predicted octanol–water partition coefficient (Wildman–Crippen LogP) is 0.970. The summed E-state index contributed by atoms with van der Waals surface area (Å²) in [6.45, 7) is 2.17. The zero-order valence-electron chi connectivity index (χ0n) is 11.2. The normalized spacial score (nSPS) is 13.5. The number of carboxylic acid groups (broad SMARTS) is 1. The van der Waals surface area contributed by atoms with Gasteiger partial charge >= 0.3 is 12.0 Å². The van der Waals surface area contributed by atoms with Gasteiger partial charge in [-0.15, -0.1) is 11.3 Å². The molecule has 0 radical (unpaired) electrons. The summed E-state index contributed by atoms with van der Waals surface area (Å²) in [7, 11) is -0.858. The molecule has 0 saturated carbocycles. The van der Waals surface area contributed by atoms with Crippen LogP contribution in [0.25, 0.3) is 0 Å². The number of carbonyl (C=O) groups excluding carboxylic acids is 1. The highest BCUT2D eigenvalue weighted by molar-refractivity contribution is 7.84. The fraction of sp³-hybridized carbons (Fsp3) is 0.545. The van der Waals surface area contributed by atoms with E-state index in [1.165, 1.54) is 16.7 Å². The van der Waals surface area contributed by atoms with Crippen LogP contribution >= 0.6 is 11.3 Å². The summed E-state index contributed by atoms with van der Waals surface area (Å²) in [5.41, 5.74) is -0.0236. The summed E-state index contributed by atoms with van der Waals surface area (Å²) >= 11 is 1.19. The van der Waals surface area contributed by atoms with Gasteiger partial charge in [-0.3, -0.25) is 4.21 Å². The van der Waals surface area contributed by atoms with Crippen LogP contribution in [0.5, 0.6) is 0 Å². The molecule has 0 fully saturated rings. The van der Waals surface area contributed by atoms with E-state index in [1.54, 1.807) is 13.2 Å². The van der Waals surface area contributed by atoms with Crippen LogP contribution in [0.1, 0.15) is 34.9 Å². The number of urea groups is 1. The molecule has 0 saturated heterocycles. The van der Waals surface area contributed by atoms with Crippen LogP contribution in [0.15, 0.2) is 5.38 Å². The summed E-state index contributed by atoms with van der Waals surface area (Å²) in [4.78, 5) is 26.2. The van der Waals surface area contributed by atoms with Gasteiger partial charge in [0.05, 0.1) is 6.04 Å². The molecule has 0 aliphatic heterocycles. The Kier molecular flexibility index (Phi) is 6.59. The van der Waals surface area contributed by atoms with Crippen molar-refractivity contribution in [2.24, 2.45) is 0 Å². The fourth-order valence-corrected chi connectivity index (χ4v) is 2.72. The Balaban J connectivity index is 2.36. The van der Waals surface area contributed by atoms with Crippen molar-refractivity contribution in [3.63, 3.8) is 0 Å². The molecule has 0 bridgehead atoms. The topological polar surface area (TPSA) is 108 Å². The minimum Gasteiger partial charge on any atom is -0.476 e. The standard InChI is InChI=1S/C11H17N3O4S2/c1-7(9-14-8(6-19-9)10(15)16)13-11(17)12-4-3-5-20(2)18/h6-7H,3-5H2,1-2H3,(H,15,16)(H2,12,13,17). The molecule has 0 spiro atoms. The molecule has 2 unspecified atom stereocenters. The lowest BCUT2D eigenvalue weighted by molar-refractivity contribution is 0.0691. The van der Waals surface area contributed by atoms with E-state index in [9.17, 15) is 13.8 Å². The first-order chi connectivity index (χ1) is 9.40. The van der Waals surface area contributed by atoms with Gasteiger partial charge in [0, 0.05) is 34.7 Å². The highest BCUT2D eigenvalue weighted by Gasteiger charge is 2.15. The van der Waals surface area contributed by atoms with Gasteiger partial charge in [-0.25, -0.2) is 14.6 Å². The van der Waals surface area contributed by atoms with Gasteiger partial charge in [0.1, 0.15) is 5.01 Å². The smallest absolute Gasteiger partial charge is 0.355 e. The number of aromatic carboxylic acids is 1. The molecule has 0 aliphatic carbocycles. The van der Waals surface area contributed by atoms with Gasteiger partial charge in [-0.2, -0.15) is 0 Å². The number of hydrogen-bond donors (Lipinski definition) is 3. The Bertz CT molecular complexity index is 504. The SMILES string of the molecule is CC(NC(=O)NCCCS(C)=O)c1nc(C(=O)O)cs1. The van der Waals surface area contributed by atoms with E-state index in [4.69, 9.17) is 5.11 Å². The number of aromatic nitrogens is 1. The van der Waals surface area contributed by atoms with Crippen LogP contribution in [0.2, 0.25) is 0 Å². The van der Waals surface area contributed by atoms with Gasteiger partial charge in [0.25, 0.3) is 0 Å². The molecular formula is C11H17N3O4S2. The Morgan fingerprint density at radius 2 is 2.25 bits per heavy atom. The second kappa shape index (κ2) is 7.95. The Labute approximate surface area is 123 Å².